The zero-order valence-electron chi connectivity index (χ0n) is 10.6. The Balaban J connectivity index is 2.82. The van der Waals surface area contributed by atoms with Crippen LogP contribution < -0.4 is 0 Å². The van der Waals surface area contributed by atoms with Crippen LogP contribution in [0.25, 0.3) is 0 Å². The number of hydrogen-bond acceptors (Lipinski definition) is 5. The fraction of sp³-hybridized carbons (Fsp3) is 0.600. The molecule has 1 aromatic rings. The molecule has 0 saturated carbocycles. The van der Waals surface area contributed by atoms with Gasteiger partial charge < -0.3 is 9.72 Å². The minimum atomic E-state index is -3.73. The number of aromatic amines is 1. The van der Waals surface area contributed by atoms with E-state index in [0.717, 1.165) is 4.31 Å². The first-order chi connectivity index (χ1) is 8.41. The summed E-state index contributed by atoms with van der Waals surface area (Å²) in [7, 11) is -2.41. The predicted molar refractivity (Wildman–Crippen MR) is 64.4 cm³/mol. The molecule has 8 heteroatoms. The lowest BCUT2D eigenvalue weighted by Gasteiger charge is -2.14. The number of ether oxygens (including phenoxy) is 1. The van der Waals surface area contributed by atoms with Gasteiger partial charge in [-0.1, -0.05) is 6.92 Å². The van der Waals surface area contributed by atoms with Crippen LogP contribution in [0, 0.1) is 0 Å². The monoisotopic (exact) mass is 275 g/mol. The van der Waals surface area contributed by atoms with Crippen molar-refractivity contribution in [2.45, 2.75) is 25.3 Å². The first kappa shape index (κ1) is 14.7. The molecule has 0 amide bonds. The summed E-state index contributed by atoms with van der Waals surface area (Å²) in [6.07, 6.45) is 1.85. The number of likely N-dealkylation sites (N-methyl/N-ethyl adjacent to an activating group) is 1. The van der Waals surface area contributed by atoms with E-state index in [1.807, 2.05) is 6.92 Å². The molecule has 0 bridgehead atoms. The summed E-state index contributed by atoms with van der Waals surface area (Å²) >= 11 is 0. The van der Waals surface area contributed by atoms with Gasteiger partial charge in [-0.05, 0) is 6.92 Å². The second-order valence-electron chi connectivity index (χ2n) is 3.61. The number of aromatic nitrogens is 2. The van der Waals surface area contributed by atoms with Crippen molar-refractivity contribution in [1.82, 2.24) is 14.3 Å². The molecule has 0 aliphatic carbocycles. The highest BCUT2D eigenvalue weighted by molar-refractivity contribution is 7.89. The Morgan fingerprint density at radius 3 is 2.67 bits per heavy atom. The minimum absolute atomic E-state index is 0.0221. The van der Waals surface area contributed by atoms with Crippen LogP contribution in [-0.2, 0) is 26.0 Å². The predicted octanol–water partition coefficient (Wildman–Crippen LogP) is 0.156. The highest BCUT2D eigenvalue weighted by atomic mass is 32.2. The quantitative estimate of drug-likeness (QED) is 0.746. The van der Waals surface area contributed by atoms with Gasteiger partial charge in [-0.25, -0.2) is 13.4 Å². The lowest BCUT2D eigenvalue weighted by molar-refractivity contribution is -0.143. The van der Waals surface area contributed by atoms with Crippen molar-refractivity contribution in [2.24, 2.45) is 0 Å². The third kappa shape index (κ3) is 3.30. The van der Waals surface area contributed by atoms with Gasteiger partial charge in [-0.2, -0.15) is 4.31 Å². The topological polar surface area (TPSA) is 92.4 Å². The van der Waals surface area contributed by atoms with Gasteiger partial charge in [0.2, 0.25) is 0 Å². The summed E-state index contributed by atoms with van der Waals surface area (Å²) in [6, 6.07) is 0. The van der Waals surface area contributed by atoms with E-state index >= 15 is 0 Å². The van der Waals surface area contributed by atoms with Gasteiger partial charge in [0.05, 0.1) is 12.8 Å². The van der Waals surface area contributed by atoms with Crippen molar-refractivity contribution < 1.29 is 17.9 Å². The number of esters is 1. The van der Waals surface area contributed by atoms with Crippen LogP contribution in [0.5, 0.6) is 0 Å². The van der Waals surface area contributed by atoms with Gasteiger partial charge in [0.15, 0.2) is 5.03 Å². The number of aryl methyl sites for hydroxylation is 1. The van der Waals surface area contributed by atoms with Crippen LogP contribution in [0.3, 0.4) is 0 Å². The fourth-order valence-corrected chi connectivity index (χ4v) is 2.34. The molecule has 0 fully saturated rings. The summed E-state index contributed by atoms with van der Waals surface area (Å²) in [5.74, 6) is -0.00286. The molecule has 0 atom stereocenters. The van der Waals surface area contributed by atoms with E-state index in [1.165, 1.54) is 13.2 Å². The largest absolute Gasteiger partial charge is 0.465 e. The molecule has 102 valence electrons. The van der Waals surface area contributed by atoms with Crippen molar-refractivity contribution >= 4 is 16.0 Å². The molecule has 0 unspecified atom stereocenters. The zero-order chi connectivity index (χ0) is 13.8. The average molecular weight is 275 g/mol. The number of hydrogen-bond donors (Lipinski definition) is 1. The second-order valence-corrected chi connectivity index (χ2v) is 5.63. The van der Waals surface area contributed by atoms with Gasteiger partial charge in [-0.3, -0.25) is 4.79 Å². The van der Waals surface area contributed by atoms with E-state index in [2.05, 4.69) is 9.97 Å². The molecule has 1 N–H and O–H groups in total. The first-order valence-corrected chi connectivity index (χ1v) is 7.01. The van der Waals surface area contributed by atoms with Gasteiger partial charge in [-0.15, -0.1) is 0 Å². The van der Waals surface area contributed by atoms with E-state index in [0.29, 0.717) is 12.2 Å². The van der Waals surface area contributed by atoms with E-state index in [1.54, 1.807) is 6.92 Å². The lowest BCUT2D eigenvalue weighted by Crippen LogP contribution is -2.33. The first-order valence-electron chi connectivity index (χ1n) is 5.57. The molecule has 1 rings (SSSR count). The Bertz CT molecular complexity index is 509. The number of carbonyl (C=O) groups excluding carboxylic acids is 1. The molecular formula is C10H17N3O4S. The summed E-state index contributed by atoms with van der Waals surface area (Å²) in [5, 5.41) is -0.0221. The molecule has 0 aliphatic rings. The van der Waals surface area contributed by atoms with E-state index in [9.17, 15) is 13.2 Å². The van der Waals surface area contributed by atoms with Crippen molar-refractivity contribution in [3.05, 3.63) is 12.0 Å². The molecule has 1 aromatic heterocycles. The molecule has 18 heavy (non-hydrogen) atoms. The molecule has 1 heterocycles. The Morgan fingerprint density at radius 2 is 2.17 bits per heavy atom. The molecule has 0 spiro atoms. The summed E-state index contributed by atoms with van der Waals surface area (Å²) in [5.41, 5.74) is 0. The summed E-state index contributed by atoms with van der Waals surface area (Å²) in [6.45, 7) is 3.42. The number of rotatable bonds is 6. The lowest BCUT2D eigenvalue weighted by atomic mass is 10.5. The molecular weight excluding hydrogens is 258 g/mol. The Morgan fingerprint density at radius 1 is 1.50 bits per heavy atom. The van der Waals surface area contributed by atoms with E-state index in [4.69, 9.17) is 4.74 Å². The van der Waals surface area contributed by atoms with Gasteiger partial charge in [0.25, 0.3) is 10.0 Å². The third-order valence-corrected chi connectivity index (χ3v) is 4.00. The smallest absolute Gasteiger partial charge is 0.321 e. The maximum absolute atomic E-state index is 12.0. The maximum atomic E-state index is 12.0. The third-order valence-electron chi connectivity index (χ3n) is 2.29. The number of carbonyl (C=O) groups is 1. The Labute approximate surface area is 106 Å². The number of H-pyrrole nitrogens is 1. The van der Waals surface area contributed by atoms with Crippen LogP contribution in [0.1, 0.15) is 19.7 Å². The Hall–Kier alpha value is -1.41. The summed E-state index contributed by atoms with van der Waals surface area (Å²) < 4.78 is 29.7. The minimum Gasteiger partial charge on any atom is -0.465 e. The molecule has 0 aromatic carbocycles. The summed E-state index contributed by atoms with van der Waals surface area (Å²) in [4.78, 5) is 17.9. The highest BCUT2D eigenvalue weighted by Gasteiger charge is 2.25. The number of nitrogens with zero attached hydrogens (tertiary/aromatic N) is 2. The van der Waals surface area contributed by atoms with Crippen LogP contribution in [-0.4, -0.2) is 48.9 Å². The maximum Gasteiger partial charge on any atom is 0.321 e. The van der Waals surface area contributed by atoms with Crippen molar-refractivity contribution in [3.63, 3.8) is 0 Å². The average Bonchev–Trinajstić information content (AvgIpc) is 2.78. The van der Waals surface area contributed by atoms with Crippen LogP contribution in [0.15, 0.2) is 11.2 Å². The molecule has 0 saturated heterocycles. The number of imidazole rings is 1. The molecule has 0 aliphatic heterocycles. The zero-order valence-corrected chi connectivity index (χ0v) is 11.5. The highest BCUT2D eigenvalue weighted by Crippen LogP contribution is 2.11. The fourth-order valence-electron chi connectivity index (χ4n) is 1.30. The van der Waals surface area contributed by atoms with Crippen LogP contribution in [0.2, 0.25) is 0 Å². The van der Waals surface area contributed by atoms with Crippen LogP contribution in [0.4, 0.5) is 0 Å². The van der Waals surface area contributed by atoms with Gasteiger partial charge in [0, 0.05) is 13.5 Å². The van der Waals surface area contributed by atoms with Gasteiger partial charge >= 0.3 is 5.97 Å². The van der Waals surface area contributed by atoms with E-state index < -0.39 is 16.0 Å². The number of sulfonamides is 1. The molecule has 7 nitrogen and oxygen atoms in total. The number of nitrogens with one attached hydrogen (secondary N) is 1. The van der Waals surface area contributed by atoms with Crippen molar-refractivity contribution in [1.29, 1.82) is 0 Å². The molecule has 0 radical (unpaired) electrons. The van der Waals surface area contributed by atoms with Crippen molar-refractivity contribution in [2.75, 3.05) is 20.2 Å². The standard InChI is InChI=1S/C10H17N3O4S/c1-4-8-11-6-9(12-8)18(15,16)13(3)7-10(14)17-5-2/h6H,4-5,7H2,1-3H3,(H,11,12). The van der Waals surface area contributed by atoms with Crippen molar-refractivity contribution in [3.8, 4) is 0 Å². The second kappa shape index (κ2) is 5.96. The SMILES string of the molecule is CCOC(=O)CN(C)S(=O)(=O)c1cnc(CC)[nH]1. The normalized spacial score (nSPS) is 11.8. The van der Waals surface area contributed by atoms with Crippen LogP contribution >= 0.6 is 0 Å². The Kier molecular flexibility index (Phi) is 4.85. The van der Waals surface area contributed by atoms with Gasteiger partial charge in [0.1, 0.15) is 12.4 Å². The van der Waals surface area contributed by atoms with E-state index in [-0.39, 0.29) is 18.2 Å².